The first kappa shape index (κ1) is 34.7. The Morgan fingerprint density at radius 3 is 2.11 bits per heavy atom. The summed E-state index contributed by atoms with van der Waals surface area (Å²) in [5.41, 5.74) is 2.32. The van der Waals surface area contributed by atoms with Crippen molar-refractivity contribution in [3.8, 4) is 22.6 Å². The van der Waals surface area contributed by atoms with E-state index in [9.17, 15) is 9.36 Å². The van der Waals surface area contributed by atoms with Crippen LogP contribution in [0.5, 0.6) is 11.5 Å². The minimum absolute atomic E-state index is 0.0420. The summed E-state index contributed by atoms with van der Waals surface area (Å²) in [6, 6.07) is 13.2. The molecule has 210 valence electrons. The molecule has 8 heteroatoms. The van der Waals surface area contributed by atoms with E-state index in [2.05, 4.69) is 5.32 Å². The van der Waals surface area contributed by atoms with Crippen molar-refractivity contribution in [2.75, 3.05) is 40.6 Å². The van der Waals surface area contributed by atoms with Gasteiger partial charge >= 0.3 is 0 Å². The lowest BCUT2D eigenvalue weighted by molar-refractivity contribution is 0.0922. The second-order valence-corrected chi connectivity index (χ2v) is 9.97. The Morgan fingerprint density at radius 1 is 0.973 bits per heavy atom. The van der Waals surface area contributed by atoms with Crippen LogP contribution in [0.15, 0.2) is 42.5 Å². The molecule has 1 aliphatic rings. The molecule has 2 aromatic rings. The number of piperidine rings is 1. The Morgan fingerprint density at radius 2 is 1.57 bits per heavy atom. The van der Waals surface area contributed by atoms with Gasteiger partial charge in [-0.15, -0.1) is 0 Å². The molecule has 1 N–H and O–H groups in total. The Kier molecular flexibility index (Phi) is 17.6. The van der Waals surface area contributed by atoms with Crippen LogP contribution in [0, 0.1) is 0 Å². The maximum atomic E-state index is 12.9. The molecule has 1 saturated heterocycles. The first-order valence-electron chi connectivity index (χ1n) is 13.5. The van der Waals surface area contributed by atoms with E-state index >= 15 is 0 Å². The smallest absolute Gasteiger partial charge is 0.269 e. The molecule has 1 aliphatic heterocycles. The minimum Gasteiger partial charge on any atom is -0.493 e. The van der Waals surface area contributed by atoms with E-state index in [1.807, 2.05) is 89.5 Å². The van der Waals surface area contributed by atoms with Gasteiger partial charge in [0.15, 0.2) is 11.5 Å². The summed E-state index contributed by atoms with van der Waals surface area (Å²) in [7, 11) is 0.459. The zero-order valence-electron chi connectivity index (χ0n) is 24.6. The number of carbonyl (C=O) groups is 1. The summed E-state index contributed by atoms with van der Waals surface area (Å²) in [6.45, 7) is 17.2. The average molecular weight is 537 g/mol. The van der Waals surface area contributed by atoms with Gasteiger partial charge in [-0.05, 0) is 43.5 Å². The lowest BCUT2D eigenvalue weighted by Crippen LogP contribution is -2.43. The van der Waals surface area contributed by atoms with Crippen LogP contribution in [0.1, 0.15) is 71.7 Å². The molecule has 0 bridgehead atoms. The van der Waals surface area contributed by atoms with Gasteiger partial charge in [0.05, 0.1) is 20.8 Å². The Hall–Kier alpha value is -2.34. The van der Waals surface area contributed by atoms with Gasteiger partial charge in [0.25, 0.3) is 13.4 Å². The molecular weight excluding hydrogens is 487 g/mol. The van der Waals surface area contributed by atoms with Crippen LogP contribution in [-0.2, 0) is 9.09 Å². The highest BCUT2D eigenvalue weighted by molar-refractivity contribution is 7.55. The van der Waals surface area contributed by atoms with Gasteiger partial charge in [-0.3, -0.25) is 9.36 Å². The maximum Gasteiger partial charge on any atom is 0.269 e. The monoisotopic (exact) mass is 536 g/mol. The molecule has 1 amide bonds. The normalized spacial score (nSPS) is 14.8. The highest BCUT2D eigenvalue weighted by Crippen LogP contribution is 2.48. The molecule has 0 aromatic heterocycles. The van der Waals surface area contributed by atoms with Gasteiger partial charge < -0.3 is 19.3 Å². The van der Waals surface area contributed by atoms with Crippen LogP contribution in [0.3, 0.4) is 0 Å². The van der Waals surface area contributed by atoms with Gasteiger partial charge in [0, 0.05) is 36.9 Å². The highest BCUT2D eigenvalue weighted by atomic mass is 31.2. The average Bonchev–Trinajstić information content (AvgIpc) is 2.96. The van der Waals surface area contributed by atoms with Crippen LogP contribution >= 0.6 is 7.52 Å². The second kappa shape index (κ2) is 18.8. The summed E-state index contributed by atoms with van der Waals surface area (Å²) >= 11 is 0. The summed E-state index contributed by atoms with van der Waals surface area (Å²) in [6.07, 6.45) is 1.47. The molecule has 7 nitrogen and oxygen atoms in total. The zero-order chi connectivity index (χ0) is 28.4. The number of methoxy groups -OCH3 is 2. The van der Waals surface area contributed by atoms with E-state index < -0.39 is 7.52 Å². The molecule has 0 spiro atoms. The topological polar surface area (TPSA) is 77.1 Å². The largest absolute Gasteiger partial charge is 0.493 e. The number of carbonyl (C=O) groups excluding carboxylic acids is 1. The summed E-state index contributed by atoms with van der Waals surface area (Å²) < 4.78 is 30.8. The van der Waals surface area contributed by atoms with E-state index in [4.69, 9.17) is 14.0 Å². The first-order valence-corrected chi connectivity index (χ1v) is 15.5. The van der Waals surface area contributed by atoms with Gasteiger partial charge in [0.1, 0.15) is 0 Å². The molecule has 1 heterocycles. The number of amides is 1. The van der Waals surface area contributed by atoms with Crippen LogP contribution < -0.4 is 14.8 Å². The molecule has 1 unspecified atom stereocenters. The van der Waals surface area contributed by atoms with Crippen molar-refractivity contribution < 1.29 is 23.4 Å². The van der Waals surface area contributed by atoms with E-state index in [0.717, 1.165) is 24.0 Å². The molecule has 3 rings (SSSR count). The SMILES string of the molecule is CC.CC.CC.CCOP(C)(=O)N1CCC(NC(=O)c2cccc(-c3cccc(OC)c3OC)c2)CC1. The third-order valence-corrected chi connectivity index (χ3v) is 7.69. The van der Waals surface area contributed by atoms with Gasteiger partial charge in [-0.2, -0.15) is 0 Å². The predicted octanol–water partition coefficient (Wildman–Crippen LogP) is 7.50. The zero-order valence-corrected chi connectivity index (χ0v) is 25.5. The van der Waals surface area contributed by atoms with Crippen molar-refractivity contribution >= 4 is 13.4 Å². The van der Waals surface area contributed by atoms with Gasteiger partial charge in [0.2, 0.25) is 0 Å². The fourth-order valence-corrected chi connectivity index (χ4v) is 5.51. The highest BCUT2D eigenvalue weighted by Gasteiger charge is 2.31. The number of rotatable bonds is 8. The van der Waals surface area contributed by atoms with E-state index in [1.165, 1.54) is 0 Å². The van der Waals surface area contributed by atoms with Crippen molar-refractivity contribution in [3.63, 3.8) is 0 Å². The van der Waals surface area contributed by atoms with Crippen molar-refractivity contribution in [2.24, 2.45) is 0 Å². The van der Waals surface area contributed by atoms with Crippen molar-refractivity contribution in [2.45, 2.75) is 67.3 Å². The van der Waals surface area contributed by atoms with Crippen molar-refractivity contribution in [1.82, 2.24) is 9.99 Å². The number of hydrogen-bond donors (Lipinski definition) is 1. The standard InChI is InChI=1S/C23H31N2O5P.3C2H6/c1-5-30-31(4,27)25-14-12-19(13-15-25)24-23(26)18-9-6-8-17(16-18)20-10-7-11-21(28-2)22(20)29-3;3*1-2/h6-11,16,19H,5,12-15H2,1-4H3,(H,24,26);3*1-2H3. The molecule has 37 heavy (non-hydrogen) atoms. The van der Waals surface area contributed by atoms with Crippen molar-refractivity contribution in [1.29, 1.82) is 0 Å². The predicted molar refractivity (Wildman–Crippen MR) is 156 cm³/mol. The number of nitrogens with zero attached hydrogens (tertiary/aromatic N) is 1. The number of para-hydroxylation sites is 1. The summed E-state index contributed by atoms with van der Waals surface area (Å²) in [4.78, 5) is 12.9. The molecule has 0 saturated carbocycles. The molecule has 1 atom stereocenters. The van der Waals surface area contributed by atoms with Gasteiger partial charge in [-0.1, -0.05) is 65.8 Å². The van der Waals surface area contributed by atoms with Crippen LogP contribution in [-0.4, -0.2) is 57.2 Å². The number of benzene rings is 2. The molecule has 1 fully saturated rings. The Balaban J connectivity index is 0.00000201. The fourth-order valence-electron chi connectivity index (χ4n) is 3.91. The third kappa shape index (κ3) is 10.1. The van der Waals surface area contributed by atoms with Crippen LogP contribution in [0.2, 0.25) is 0 Å². The van der Waals surface area contributed by atoms with E-state index in [0.29, 0.717) is 36.8 Å². The van der Waals surface area contributed by atoms with Crippen LogP contribution in [0.4, 0.5) is 0 Å². The molecule has 2 aromatic carbocycles. The molecular formula is C29H49N2O5P. The second-order valence-electron chi connectivity index (χ2n) is 7.54. The van der Waals surface area contributed by atoms with Gasteiger partial charge in [-0.25, -0.2) is 4.67 Å². The lowest BCUT2D eigenvalue weighted by atomic mass is 10.0. The number of ether oxygens (including phenoxy) is 2. The fraction of sp³-hybridized carbons (Fsp3) is 0.552. The number of hydrogen-bond acceptors (Lipinski definition) is 5. The van der Waals surface area contributed by atoms with E-state index in [-0.39, 0.29) is 11.9 Å². The quantitative estimate of drug-likeness (QED) is 0.352. The molecule has 0 radical (unpaired) electrons. The third-order valence-electron chi connectivity index (χ3n) is 5.53. The summed E-state index contributed by atoms with van der Waals surface area (Å²) in [5, 5.41) is 3.12. The summed E-state index contributed by atoms with van der Waals surface area (Å²) in [5.74, 6) is 1.15. The Bertz CT molecular complexity index is 959. The molecule has 0 aliphatic carbocycles. The number of nitrogens with one attached hydrogen (secondary N) is 1. The Labute approximate surface area is 225 Å². The maximum absolute atomic E-state index is 12.9. The van der Waals surface area contributed by atoms with E-state index in [1.54, 1.807) is 27.0 Å². The lowest BCUT2D eigenvalue weighted by Gasteiger charge is -2.35. The minimum atomic E-state index is -2.74. The first-order chi connectivity index (χ1) is 17.9. The van der Waals surface area contributed by atoms with Crippen LogP contribution in [0.25, 0.3) is 11.1 Å². The van der Waals surface area contributed by atoms with Crippen molar-refractivity contribution in [3.05, 3.63) is 48.0 Å².